The number of para-hydroxylation sites is 1. The zero-order chi connectivity index (χ0) is 16.3. The van der Waals surface area contributed by atoms with Crippen LogP contribution < -0.4 is 16.4 Å². The van der Waals surface area contributed by atoms with Gasteiger partial charge in [0.05, 0.1) is 27.1 Å². The zero-order valence-electron chi connectivity index (χ0n) is 11.6. The molecule has 114 valence electrons. The number of nitrogens with one attached hydrogen (secondary N) is 2. The molecule has 0 atom stereocenters. The van der Waals surface area contributed by atoms with Gasteiger partial charge < -0.3 is 16.4 Å². The largest absolute Gasteiger partial charge is 0.397 e. The molecule has 0 radical (unpaired) electrons. The van der Waals surface area contributed by atoms with Crippen molar-refractivity contribution in [1.82, 2.24) is 0 Å². The van der Waals surface area contributed by atoms with Gasteiger partial charge in [0, 0.05) is 0 Å². The van der Waals surface area contributed by atoms with E-state index in [0.29, 0.717) is 11.4 Å². The Labute approximate surface area is 137 Å². The summed E-state index contributed by atoms with van der Waals surface area (Å²) in [6.07, 6.45) is 0. The molecule has 0 unspecified atom stereocenters. The van der Waals surface area contributed by atoms with Gasteiger partial charge in [0.1, 0.15) is 0 Å². The molecule has 4 N–H and O–H groups in total. The molecule has 5 nitrogen and oxygen atoms in total. The highest BCUT2D eigenvalue weighted by molar-refractivity contribution is 6.46. The van der Waals surface area contributed by atoms with Gasteiger partial charge in [0.25, 0.3) is 0 Å². The number of hydrogen-bond acceptors (Lipinski definition) is 3. The molecule has 2 aromatic carbocycles. The first-order valence-corrected chi connectivity index (χ1v) is 7.06. The maximum Gasteiger partial charge on any atom is 0.314 e. The van der Waals surface area contributed by atoms with Crippen molar-refractivity contribution in [2.24, 2.45) is 0 Å². The highest BCUT2D eigenvalue weighted by Gasteiger charge is 2.17. The Bertz CT molecular complexity index is 727. The van der Waals surface area contributed by atoms with Crippen LogP contribution in [0.4, 0.5) is 17.1 Å². The fourth-order valence-corrected chi connectivity index (χ4v) is 2.25. The minimum Gasteiger partial charge on any atom is -0.397 e. The predicted molar refractivity (Wildman–Crippen MR) is 89.3 cm³/mol. The van der Waals surface area contributed by atoms with E-state index in [1.54, 1.807) is 36.4 Å². The van der Waals surface area contributed by atoms with E-state index in [1.165, 1.54) is 0 Å². The molecule has 22 heavy (non-hydrogen) atoms. The average molecular weight is 338 g/mol. The SMILES string of the molecule is Cc1ccc(NC(=O)C(=O)Nc2c(Cl)cccc2Cl)c(N)c1. The van der Waals surface area contributed by atoms with E-state index in [2.05, 4.69) is 10.6 Å². The monoisotopic (exact) mass is 337 g/mol. The molecular formula is C15H13Cl2N3O2. The van der Waals surface area contributed by atoms with E-state index in [0.717, 1.165) is 5.56 Å². The topological polar surface area (TPSA) is 84.2 Å². The number of nitrogens with two attached hydrogens (primary N) is 1. The summed E-state index contributed by atoms with van der Waals surface area (Å²) in [6.45, 7) is 1.87. The first kappa shape index (κ1) is 16.1. The maximum atomic E-state index is 11.9. The Morgan fingerprint density at radius 2 is 1.59 bits per heavy atom. The molecule has 7 heteroatoms. The van der Waals surface area contributed by atoms with Gasteiger partial charge >= 0.3 is 11.8 Å². The lowest BCUT2D eigenvalue weighted by Crippen LogP contribution is -2.29. The van der Waals surface area contributed by atoms with Gasteiger partial charge in [0.2, 0.25) is 0 Å². The number of benzene rings is 2. The first-order chi connectivity index (χ1) is 10.4. The lowest BCUT2D eigenvalue weighted by molar-refractivity contribution is -0.132. The molecule has 2 rings (SSSR count). The molecule has 0 saturated heterocycles. The van der Waals surface area contributed by atoms with Gasteiger partial charge in [-0.2, -0.15) is 0 Å². The number of hydrogen-bond donors (Lipinski definition) is 3. The highest BCUT2D eigenvalue weighted by Crippen LogP contribution is 2.29. The smallest absolute Gasteiger partial charge is 0.314 e. The summed E-state index contributed by atoms with van der Waals surface area (Å²) in [4.78, 5) is 23.8. The van der Waals surface area contributed by atoms with Crippen LogP contribution in [-0.4, -0.2) is 11.8 Å². The fourth-order valence-electron chi connectivity index (χ4n) is 1.76. The second-order valence-electron chi connectivity index (χ2n) is 4.60. The van der Waals surface area contributed by atoms with Gasteiger partial charge in [0.15, 0.2) is 0 Å². The van der Waals surface area contributed by atoms with Crippen molar-refractivity contribution in [3.05, 3.63) is 52.0 Å². The van der Waals surface area contributed by atoms with Crippen molar-refractivity contribution >= 4 is 52.1 Å². The minimum atomic E-state index is -0.894. The van der Waals surface area contributed by atoms with Crippen LogP contribution in [0.5, 0.6) is 0 Å². The zero-order valence-corrected chi connectivity index (χ0v) is 13.1. The van der Waals surface area contributed by atoms with Gasteiger partial charge in [-0.1, -0.05) is 35.3 Å². The molecule has 0 aliphatic heterocycles. The standard InChI is InChI=1S/C15H13Cl2N3O2/c1-8-5-6-12(11(18)7-8)19-14(21)15(22)20-13-9(16)3-2-4-10(13)17/h2-7H,18H2,1H3,(H,19,21)(H,20,22). The average Bonchev–Trinajstić information content (AvgIpc) is 2.45. The molecule has 2 amide bonds. The summed E-state index contributed by atoms with van der Waals surface area (Å²) in [5.74, 6) is -1.76. The molecule has 0 spiro atoms. The summed E-state index contributed by atoms with van der Waals surface area (Å²) in [6, 6.07) is 9.83. The number of aryl methyl sites for hydroxylation is 1. The van der Waals surface area contributed by atoms with E-state index < -0.39 is 11.8 Å². The minimum absolute atomic E-state index is 0.183. The van der Waals surface area contributed by atoms with E-state index in [-0.39, 0.29) is 15.7 Å². The third-order valence-electron chi connectivity index (χ3n) is 2.86. The van der Waals surface area contributed by atoms with E-state index in [4.69, 9.17) is 28.9 Å². The maximum absolute atomic E-state index is 11.9. The van der Waals surface area contributed by atoms with Crippen LogP contribution in [-0.2, 0) is 9.59 Å². The third-order valence-corrected chi connectivity index (χ3v) is 3.49. The highest BCUT2D eigenvalue weighted by atomic mass is 35.5. The second kappa shape index (κ2) is 6.68. The van der Waals surface area contributed by atoms with Crippen molar-refractivity contribution < 1.29 is 9.59 Å². The predicted octanol–water partition coefficient (Wildman–Crippen LogP) is 3.46. The fraction of sp³-hybridized carbons (Fsp3) is 0.0667. The second-order valence-corrected chi connectivity index (χ2v) is 5.41. The van der Waals surface area contributed by atoms with E-state index >= 15 is 0 Å². The van der Waals surface area contributed by atoms with Crippen molar-refractivity contribution in [3.63, 3.8) is 0 Å². The molecule has 0 aliphatic rings. The Balaban J connectivity index is 2.11. The normalized spacial score (nSPS) is 10.1. The number of halogens is 2. The molecule has 0 heterocycles. The van der Waals surface area contributed by atoms with Crippen molar-refractivity contribution in [2.75, 3.05) is 16.4 Å². The van der Waals surface area contributed by atoms with Crippen LogP contribution in [0.15, 0.2) is 36.4 Å². The van der Waals surface area contributed by atoms with Gasteiger partial charge in [-0.25, -0.2) is 0 Å². The number of nitrogen functional groups attached to an aromatic ring is 1. The van der Waals surface area contributed by atoms with Crippen molar-refractivity contribution in [3.8, 4) is 0 Å². The van der Waals surface area contributed by atoms with Crippen LogP contribution >= 0.6 is 23.2 Å². The molecule has 0 aliphatic carbocycles. The summed E-state index contributed by atoms with van der Waals surface area (Å²) < 4.78 is 0. The van der Waals surface area contributed by atoms with Crippen LogP contribution in [0.1, 0.15) is 5.56 Å². The Morgan fingerprint density at radius 3 is 2.18 bits per heavy atom. The Hall–Kier alpha value is -2.24. The van der Waals surface area contributed by atoms with Crippen LogP contribution in [0.2, 0.25) is 10.0 Å². The number of anilines is 3. The number of carbonyl (C=O) groups excluding carboxylic acids is 2. The van der Waals surface area contributed by atoms with Gasteiger partial charge in [-0.15, -0.1) is 0 Å². The summed E-state index contributed by atoms with van der Waals surface area (Å²) in [7, 11) is 0. The van der Waals surface area contributed by atoms with Crippen LogP contribution in [0.25, 0.3) is 0 Å². The van der Waals surface area contributed by atoms with Gasteiger partial charge in [-0.05, 0) is 36.8 Å². The summed E-state index contributed by atoms with van der Waals surface area (Å²) in [5, 5.41) is 5.29. The van der Waals surface area contributed by atoms with E-state index in [9.17, 15) is 9.59 Å². The lowest BCUT2D eigenvalue weighted by atomic mass is 10.2. The first-order valence-electron chi connectivity index (χ1n) is 6.31. The molecule has 0 bridgehead atoms. The summed E-state index contributed by atoms with van der Waals surface area (Å²) in [5.41, 5.74) is 7.64. The Morgan fingerprint density at radius 1 is 1.00 bits per heavy atom. The van der Waals surface area contributed by atoms with E-state index in [1.807, 2.05) is 6.92 Å². The number of amides is 2. The molecule has 0 fully saturated rings. The van der Waals surface area contributed by atoms with Gasteiger partial charge in [-0.3, -0.25) is 9.59 Å². The molecule has 0 saturated carbocycles. The van der Waals surface area contributed by atoms with Crippen LogP contribution in [0.3, 0.4) is 0 Å². The number of rotatable bonds is 2. The van der Waals surface area contributed by atoms with Crippen LogP contribution in [0, 0.1) is 6.92 Å². The molecular weight excluding hydrogens is 325 g/mol. The molecule has 0 aromatic heterocycles. The van der Waals surface area contributed by atoms with Crippen molar-refractivity contribution in [1.29, 1.82) is 0 Å². The lowest BCUT2D eigenvalue weighted by Gasteiger charge is -2.11. The summed E-state index contributed by atoms with van der Waals surface area (Å²) >= 11 is 11.9. The quantitative estimate of drug-likeness (QED) is 0.579. The van der Waals surface area contributed by atoms with Crippen molar-refractivity contribution in [2.45, 2.75) is 6.92 Å². The Kier molecular flexibility index (Phi) is 4.90. The third kappa shape index (κ3) is 3.69. The number of carbonyl (C=O) groups is 2. The molecule has 2 aromatic rings.